The van der Waals surface area contributed by atoms with E-state index in [2.05, 4.69) is 21.8 Å². The molecule has 2 saturated heterocycles. The number of benzene rings is 2. The number of rotatable bonds is 4. The van der Waals surface area contributed by atoms with Crippen molar-refractivity contribution in [3.63, 3.8) is 0 Å². The molecule has 158 valence electrons. The molecule has 2 aromatic rings. The van der Waals surface area contributed by atoms with E-state index in [0.29, 0.717) is 13.2 Å². The van der Waals surface area contributed by atoms with Crippen molar-refractivity contribution in [3.8, 4) is 11.5 Å². The van der Waals surface area contributed by atoms with Crippen LogP contribution in [0, 0.1) is 0 Å². The first kappa shape index (κ1) is 19.6. The Bertz CT molecular complexity index is 932. The monoisotopic (exact) mass is 428 g/mol. The Kier molecular flexibility index (Phi) is 5.52. The highest BCUT2D eigenvalue weighted by Crippen LogP contribution is 2.33. The molecule has 7 nitrogen and oxygen atoms in total. The van der Waals surface area contributed by atoms with Gasteiger partial charge in [0.05, 0.1) is 0 Å². The van der Waals surface area contributed by atoms with Gasteiger partial charge in [-0.05, 0) is 35.7 Å². The molecule has 0 aromatic heterocycles. The number of carbonyl (C=O) groups excluding carboxylic acids is 1. The van der Waals surface area contributed by atoms with Crippen LogP contribution in [-0.4, -0.2) is 54.7 Å². The molecular weight excluding hydrogens is 404 g/mol. The smallest absolute Gasteiger partial charge is 0.241 e. The molecule has 3 aliphatic heterocycles. The molecule has 8 heteroatoms. The molecule has 5 rings (SSSR count). The molecular formula is C22H25ClN4O3. The number of nitrogens with zero attached hydrogens (tertiary/aromatic N) is 2. The van der Waals surface area contributed by atoms with Gasteiger partial charge in [0.2, 0.25) is 12.7 Å². The van der Waals surface area contributed by atoms with Crippen LogP contribution in [0.25, 0.3) is 0 Å². The Morgan fingerprint density at radius 1 is 1.03 bits per heavy atom. The highest BCUT2D eigenvalue weighted by atomic mass is 35.5. The second-order valence-electron chi connectivity index (χ2n) is 7.94. The Morgan fingerprint density at radius 2 is 1.83 bits per heavy atom. The predicted octanol–water partition coefficient (Wildman–Crippen LogP) is 2.32. The SMILES string of the molecule is O=C(C1CC(c2ccccc2Cl)NN1)N1CCN(Cc2ccc3c(c2)OCO3)CC1. The minimum Gasteiger partial charge on any atom is -0.454 e. The van der Waals surface area contributed by atoms with E-state index in [-0.39, 0.29) is 18.0 Å². The van der Waals surface area contributed by atoms with Crippen LogP contribution >= 0.6 is 11.6 Å². The molecule has 2 fully saturated rings. The van der Waals surface area contributed by atoms with Crippen LogP contribution < -0.4 is 20.3 Å². The van der Waals surface area contributed by atoms with Gasteiger partial charge in [-0.25, -0.2) is 10.9 Å². The van der Waals surface area contributed by atoms with Gasteiger partial charge in [0.25, 0.3) is 0 Å². The maximum absolute atomic E-state index is 13.0. The molecule has 3 heterocycles. The van der Waals surface area contributed by atoms with Gasteiger partial charge in [-0.1, -0.05) is 35.9 Å². The van der Waals surface area contributed by atoms with Crippen LogP contribution in [-0.2, 0) is 11.3 Å². The van der Waals surface area contributed by atoms with Crippen molar-refractivity contribution in [1.29, 1.82) is 0 Å². The summed E-state index contributed by atoms with van der Waals surface area (Å²) in [7, 11) is 0. The van der Waals surface area contributed by atoms with Crippen molar-refractivity contribution in [2.24, 2.45) is 0 Å². The molecule has 2 aromatic carbocycles. The molecule has 2 atom stereocenters. The van der Waals surface area contributed by atoms with Crippen molar-refractivity contribution >= 4 is 17.5 Å². The third-order valence-electron chi connectivity index (χ3n) is 6.01. The van der Waals surface area contributed by atoms with E-state index in [1.807, 2.05) is 41.3 Å². The van der Waals surface area contributed by atoms with Gasteiger partial charge in [-0.15, -0.1) is 0 Å². The fourth-order valence-electron chi connectivity index (χ4n) is 4.32. The minimum atomic E-state index is -0.230. The number of halogens is 1. The van der Waals surface area contributed by atoms with Gasteiger partial charge >= 0.3 is 0 Å². The van der Waals surface area contributed by atoms with E-state index in [4.69, 9.17) is 21.1 Å². The Balaban J connectivity index is 1.13. The summed E-state index contributed by atoms with van der Waals surface area (Å²) in [5, 5.41) is 0.724. The Hall–Kier alpha value is -2.32. The summed E-state index contributed by atoms with van der Waals surface area (Å²) in [6.45, 7) is 4.32. The normalized spacial score (nSPS) is 23.7. The zero-order chi connectivity index (χ0) is 20.5. The number of fused-ring (bicyclic) bond motifs is 1. The third kappa shape index (κ3) is 3.98. The van der Waals surface area contributed by atoms with Gasteiger partial charge in [0.1, 0.15) is 6.04 Å². The lowest BCUT2D eigenvalue weighted by molar-refractivity contribution is -0.135. The summed E-state index contributed by atoms with van der Waals surface area (Å²) < 4.78 is 10.8. The minimum absolute atomic E-state index is 0.0416. The first-order valence-corrected chi connectivity index (χ1v) is 10.7. The number of hydrogen-bond donors (Lipinski definition) is 2. The van der Waals surface area contributed by atoms with Crippen molar-refractivity contribution in [2.75, 3.05) is 33.0 Å². The summed E-state index contributed by atoms with van der Waals surface area (Å²) in [5.74, 6) is 1.77. The lowest BCUT2D eigenvalue weighted by atomic mass is 10.0. The number of nitrogens with one attached hydrogen (secondary N) is 2. The quantitative estimate of drug-likeness (QED) is 0.779. The number of ether oxygens (including phenoxy) is 2. The maximum atomic E-state index is 13.0. The van der Waals surface area contributed by atoms with Crippen LogP contribution in [0.5, 0.6) is 11.5 Å². The Labute approximate surface area is 180 Å². The number of piperazine rings is 1. The molecule has 2 unspecified atom stereocenters. The van der Waals surface area contributed by atoms with E-state index < -0.39 is 0 Å². The zero-order valence-electron chi connectivity index (χ0n) is 16.6. The van der Waals surface area contributed by atoms with E-state index in [9.17, 15) is 4.79 Å². The van der Waals surface area contributed by atoms with E-state index in [1.165, 1.54) is 5.56 Å². The molecule has 0 spiro atoms. The second kappa shape index (κ2) is 8.43. The van der Waals surface area contributed by atoms with Gasteiger partial charge in [0.15, 0.2) is 11.5 Å². The maximum Gasteiger partial charge on any atom is 0.241 e. The third-order valence-corrected chi connectivity index (χ3v) is 6.35. The molecule has 30 heavy (non-hydrogen) atoms. The predicted molar refractivity (Wildman–Crippen MR) is 113 cm³/mol. The standard InChI is InChI=1S/C22H25ClN4O3/c23-17-4-2-1-3-16(17)18-12-19(25-24-18)22(28)27-9-7-26(8-10-27)13-15-5-6-20-21(11-15)30-14-29-20/h1-6,11,18-19,24-25H,7-10,12-14H2. The van der Waals surface area contributed by atoms with Crippen LogP contribution in [0.4, 0.5) is 0 Å². The van der Waals surface area contributed by atoms with Crippen molar-refractivity contribution in [3.05, 3.63) is 58.6 Å². The number of carbonyl (C=O) groups is 1. The number of hydrogen-bond acceptors (Lipinski definition) is 6. The fraction of sp³-hybridized carbons (Fsp3) is 0.409. The van der Waals surface area contributed by atoms with Gasteiger partial charge < -0.3 is 14.4 Å². The van der Waals surface area contributed by atoms with E-state index in [1.54, 1.807) is 0 Å². The lowest BCUT2D eigenvalue weighted by Crippen LogP contribution is -2.53. The van der Waals surface area contributed by atoms with Gasteiger partial charge in [-0.2, -0.15) is 0 Å². The van der Waals surface area contributed by atoms with Crippen LogP contribution in [0.15, 0.2) is 42.5 Å². The highest BCUT2D eigenvalue weighted by Gasteiger charge is 2.34. The topological polar surface area (TPSA) is 66.1 Å². The zero-order valence-corrected chi connectivity index (χ0v) is 17.4. The first-order chi connectivity index (χ1) is 14.7. The summed E-state index contributed by atoms with van der Waals surface area (Å²) in [5.41, 5.74) is 8.62. The summed E-state index contributed by atoms with van der Waals surface area (Å²) >= 11 is 6.31. The summed E-state index contributed by atoms with van der Waals surface area (Å²) in [4.78, 5) is 17.3. The Morgan fingerprint density at radius 3 is 2.67 bits per heavy atom. The second-order valence-corrected chi connectivity index (χ2v) is 8.35. The van der Waals surface area contributed by atoms with E-state index in [0.717, 1.165) is 54.8 Å². The highest BCUT2D eigenvalue weighted by molar-refractivity contribution is 6.31. The summed E-state index contributed by atoms with van der Waals surface area (Å²) in [6, 6.07) is 13.7. The van der Waals surface area contributed by atoms with Crippen molar-refractivity contribution in [2.45, 2.75) is 25.0 Å². The average molecular weight is 429 g/mol. The average Bonchev–Trinajstić information content (AvgIpc) is 3.43. The number of hydrazine groups is 1. The molecule has 0 aliphatic carbocycles. The summed E-state index contributed by atoms with van der Waals surface area (Å²) in [6.07, 6.45) is 0.694. The van der Waals surface area contributed by atoms with Gasteiger partial charge in [0, 0.05) is 43.8 Å². The number of amides is 1. The fourth-order valence-corrected chi connectivity index (χ4v) is 4.59. The first-order valence-electron chi connectivity index (χ1n) is 10.3. The van der Waals surface area contributed by atoms with Crippen LogP contribution in [0.2, 0.25) is 5.02 Å². The van der Waals surface area contributed by atoms with Crippen molar-refractivity contribution in [1.82, 2.24) is 20.7 Å². The van der Waals surface area contributed by atoms with E-state index >= 15 is 0 Å². The molecule has 0 bridgehead atoms. The largest absolute Gasteiger partial charge is 0.454 e. The van der Waals surface area contributed by atoms with Crippen LogP contribution in [0.1, 0.15) is 23.6 Å². The van der Waals surface area contributed by atoms with Gasteiger partial charge in [-0.3, -0.25) is 9.69 Å². The molecule has 0 radical (unpaired) electrons. The molecule has 2 N–H and O–H groups in total. The van der Waals surface area contributed by atoms with Crippen LogP contribution in [0.3, 0.4) is 0 Å². The lowest BCUT2D eigenvalue weighted by Gasteiger charge is -2.35. The molecule has 1 amide bonds. The molecule has 3 aliphatic rings. The van der Waals surface area contributed by atoms with Crippen molar-refractivity contribution < 1.29 is 14.3 Å². The molecule has 0 saturated carbocycles.